The summed E-state index contributed by atoms with van der Waals surface area (Å²) in [5.41, 5.74) is 0.381. The summed E-state index contributed by atoms with van der Waals surface area (Å²) in [6.45, 7) is 3.42. The number of rotatable bonds is 6. The zero-order chi connectivity index (χ0) is 15.6. The predicted octanol–water partition coefficient (Wildman–Crippen LogP) is 0.893. The highest BCUT2D eigenvalue weighted by atomic mass is 32.2. The fourth-order valence-corrected chi connectivity index (χ4v) is 3.21. The molecule has 0 aliphatic rings. The molecule has 0 aliphatic heterocycles. The van der Waals surface area contributed by atoms with Crippen LogP contribution in [0.15, 0.2) is 11.0 Å². The second kappa shape index (κ2) is 5.56. The minimum absolute atomic E-state index is 0.107. The normalized spacial score (nSPS) is 11.5. The maximum Gasteiger partial charge on any atom is 0.357 e. The zero-order valence-electron chi connectivity index (χ0n) is 11.5. The van der Waals surface area contributed by atoms with E-state index in [1.165, 1.54) is 6.92 Å². The summed E-state index contributed by atoms with van der Waals surface area (Å²) in [4.78, 5) is 10.6. The number of nitrogens with one attached hydrogen (secondary N) is 3. The molecule has 0 bridgehead atoms. The van der Waals surface area contributed by atoms with Crippen LogP contribution in [-0.4, -0.2) is 39.9 Å². The van der Waals surface area contributed by atoms with Gasteiger partial charge in [-0.15, -0.1) is 0 Å². The molecule has 0 saturated heterocycles. The number of nitrogens with zero attached hydrogens (tertiary/aromatic N) is 2. The molecule has 0 spiro atoms. The Morgan fingerprint density at radius 2 is 2.10 bits per heavy atom. The summed E-state index contributed by atoms with van der Waals surface area (Å²) in [7, 11) is -4.09. The van der Waals surface area contributed by atoms with Crippen molar-refractivity contribution in [2.75, 3.05) is 4.72 Å². The molecule has 4 N–H and O–H groups in total. The van der Waals surface area contributed by atoms with Gasteiger partial charge in [-0.1, -0.05) is 13.3 Å². The number of carboxylic acids is 1. The Labute approximate surface area is 120 Å². The molecule has 0 fully saturated rings. The van der Waals surface area contributed by atoms with Crippen LogP contribution in [0.3, 0.4) is 0 Å². The molecule has 9 nitrogen and oxygen atoms in total. The highest BCUT2D eigenvalue weighted by molar-refractivity contribution is 7.92. The molecule has 0 saturated carbocycles. The van der Waals surface area contributed by atoms with Gasteiger partial charge in [-0.05, 0) is 13.3 Å². The molecule has 10 heteroatoms. The Morgan fingerprint density at radius 1 is 1.38 bits per heavy atom. The number of H-pyrrole nitrogens is 2. The van der Waals surface area contributed by atoms with Crippen LogP contribution in [0.1, 0.15) is 35.2 Å². The van der Waals surface area contributed by atoms with Gasteiger partial charge < -0.3 is 5.11 Å². The van der Waals surface area contributed by atoms with Crippen molar-refractivity contribution in [3.63, 3.8) is 0 Å². The number of carboxylic acid groups (broad SMARTS) is 1. The van der Waals surface area contributed by atoms with Crippen molar-refractivity contribution in [3.05, 3.63) is 23.1 Å². The molecule has 2 aromatic rings. The van der Waals surface area contributed by atoms with Gasteiger partial charge in [-0.25, -0.2) is 13.2 Å². The van der Waals surface area contributed by atoms with Gasteiger partial charge in [0.2, 0.25) is 0 Å². The first-order valence-corrected chi connectivity index (χ1v) is 7.68. The van der Waals surface area contributed by atoms with Crippen molar-refractivity contribution >= 4 is 21.8 Å². The first kappa shape index (κ1) is 15.0. The number of aromatic carboxylic acids is 1. The molecule has 0 amide bonds. The molecular formula is C11H15N5O4S. The fourth-order valence-electron chi connectivity index (χ4n) is 1.89. The van der Waals surface area contributed by atoms with Gasteiger partial charge in [0.15, 0.2) is 11.5 Å². The smallest absolute Gasteiger partial charge is 0.357 e. The number of sulfonamides is 1. The van der Waals surface area contributed by atoms with E-state index in [1.54, 1.807) is 6.07 Å². The number of hydrogen-bond acceptors (Lipinski definition) is 5. The Kier molecular flexibility index (Phi) is 3.98. The van der Waals surface area contributed by atoms with Gasteiger partial charge in [-0.2, -0.15) is 10.2 Å². The Bertz CT molecular complexity index is 761. The number of aromatic nitrogens is 4. The zero-order valence-corrected chi connectivity index (χ0v) is 12.3. The second-order valence-electron chi connectivity index (χ2n) is 4.47. The number of hydrogen-bond donors (Lipinski definition) is 4. The van der Waals surface area contributed by atoms with E-state index in [1.807, 2.05) is 6.92 Å². The molecule has 2 rings (SSSR count). The highest BCUT2D eigenvalue weighted by Gasteiger charge is 2.28. The summed E-state index contributed by atoms with van der Waals surface area (Å²) in [5.74, 6) is -1.32. The molecule has 2 aromatic heterocycles. The van der Waals surface area contributed by atoms with Gasteiger partial charge in [0.1, 0.15) is 4.90 Å². The lowest BCUT2D eigenvalue weighted by atomic mass is 10.2. The minimum Gasteiger partial charge on any atom is -0.476 e. The first-order valence-electron chi connectivity index (χ1n) is 6.20. The Morgan fingerprint density at radius 3 is 2.71 bits per heavy atom. The highest BCUT2D eigenvalue weighted by Crippen LogP contribution is 2.21. The van der Waals surface area contributed by atoms with Crippen LogP contribution in [0.4, 0.5) is 5.82 Å². The van der Waals surface area contributed by atoms with E-state index < -0.39 is 26.6 Å². The minimum atomic E-state index is -4.09. The number of aryl methyl sites for hydroxylation is 2. The van der Waals surface area contributed by atoms with Crippen molar-refractivity contribution in [2.45, 2.75) is 31.6 Å². The second-order valence-corrected chi connectivity index (χ2v) is 6.08. The van der Waals surface area contributed by atoms with E-state index in [9.17, 15) is 13.2 Å². The molecule has 2 heterocycles. The van der Waals surface area contributed by atoms with Gasteiger partial charge in [0.25, 0.3) is 10.0 Å². The molecule has 0 aliphatic carbocycles. The maximum atomic E-state index is 12.3. The van der Waals surface area contributed by atoms with E-state index >= 15 is 0 Å². The molecule has 0 atom stereocenters. The average Bonchev–Trinajstić information content (AvgIpc) is 2.96. The van der Waals surface area contributed by atoms with E-state index in [0.29, 0.717) is 0 Å². The van der Waals surface area contributed by atoms with Gasteiger partial charge in [0.05, 0.1) is 5.69 Å². The maximum absolute atomic E-state index is 12.3. The third kappa shape index (κ3) is 3.05. The van der Waals surface area contributed by atoms with Crippen molar-refractivity contribution in [1.29, 1.82) is 0 Å². The summed E-state index contributed by atoms with van der Waals surface area (Å²) < 4.78 is 26.8. The summed E-state index contributed by atoms with van der Waals surface area (Å²) >= 11 is 0. The summed E-state index contributed by atoms with van der Waals surface area (Å²) in [5, 5.41) is 21.4. The van der Waals surface area contributed by atoms with Crippen molar-refractivity contribution < 1.29 is 18.3 Å². The standard InChI is InChI=1S/C11H15N5O4S/c1-3-4-7-5-8(14-13-7)16-21(19,20)10-6(2)12-15-9(10)11(17)18/h5H,3-4H2,1-2H3,(H,12,15)(H,17,18)(H2,13,14,16). The van der Waals surface area contributed by atoms with E-state index in [2.05, 4.69) is 25.1 Å². The van der Waals surface area contributed by atoms with E-state index in [-0.39, 0.29) is 11.5 Å². The lowest BCUT2D eigenvalue weighted by Crippen LogP contribution is -2.17. The van der Waals surface area contributed by atoms with Crippen molar-refractivity contribution in [2.24, 2.45) is 0 Å². The molecule has 0 aromatic carbocycles. The van der Waals surface area contributed by atoms with Crippen LogP contribution in [0.2, 0.25) is 0 Å². The Hall–Kier alpha value is -2.36. The van der Waals surface area contributed by atoms with Crippen molar-refractivity contribution in [3.8, 4) is 0 Å². The van der Waals surface area contributed by atoms with Gasteiger partial charge >= 0.3 is 5.97 Å². The summed E-state index contributed by atoms with van der Waals surface area (Å²) in [6.07, 6.45) is 1.62. The quantitative estimate of drug-likeness (QED) is 0.624. The third-order valence-corrected chi connectivity index (χ3v) is 4.27. The SMILES string of the molecule is CCCc1cc(NS(=O)(=O)c2c(C(=O)O)n[nH]c2C)n[nH]1. The van der Waals surface area contributed by atoms with Crippen LogP contribution >= 0.6 is 0 Å². The van der Waals surface area contributed by atoms with Crippen LogP contribution in [0.25, 0.3) is 0 Å². The monoisotopic (exact) mass is 313 g/mol. The number of carbonyl (C=O) groups is 1. The van der Waals surface area contributed by atoms with Crippen molar-refractivity contribution in [1.82, 2.24) is 20.4 Å². The predicted molar refractivity (Wildman–Crippen MR) is 73.7 cm³/mol. The van der Waals surface area contributed by atoms with Crippen LogP contribution in [-0.2, 0) is 16.4 Å². The fraction of sp³-hybridized carbons (Fsp3) is 0.364. The first-order chi connectivity index (χ1) is 9.85. The van der Waals surface area contributed by atoms with Crippen LogP contribution < -0.4 is 4.72 Å². The Balaban J connectivity index is 2.34. The summed E-state index contributed by atoms with van der Waals surface area (Å²) in [6, 6.07) is 1.57. The lowest BCUT2D eigenvalue weighted by Gasteiger charge is -2.04. The van der Waals surface area contributed by atoms with Crippen LogP contribution in [0, 0.1) is 6.92 Å². The molecular weight excluding hydrogens is 298 g/mol. The third-order valence-electron chi connectivity index (χ3n) is 2.75. The molecule has 0 unspecified atom stereocenters. The van der Waals surface area contributed by atoms with Gasteiger partial charge in [-0.3, -0.25) is 14.9 Å². The van der Waals surface area contributed by atoms with Crippen LogP contribution in [0.5, 0.6) is 0 Å². The molecule has 114 valence electrons. The topological polar surface area (TPSA) is 141 Å². The molecule has 0 radical (unpaired) electrons. The average molecular weight is 313 g/mol. The number of aromatic amines is 2. The lowest BCUT2D eigenvalue weighted by molar-refractivity contribution is 0.0686. The van der Waals surface area contributed by atoms with E-state index in [0.717, 1.165) is 18.5 Å². The van der Waals surface area contributed by atoms with E-state index in [4.69, 9.17) is 5.11 Å². The molecule has 21 heavy (non-hydrogen) atoms. The number of anilines is 1. The largest absolute Gasteiger partial charge is 0.476 e. The van der Waals surface area contributed by atoms with Gasteiger partial charge in [0, 0.05) is 11.8 Å².